The molecule has 3 rings (SSSR count). The van der Waals surface area contributed by atoms with Crippen molar-refractivity contribution in [1.29, 1.82) is 0 Å². The van der Waals surface area contributed by atoms with E-state index >= 15 is 0 Å². The molecule has 1 aliphatic heterocycles. The minimum absolute atomic E-state index is 0. The molecule has 172 valence electrons. The third kappa shape index (κ3) is 6.65. The Bertz CT molecular complexity index is 981. The highest BCUT2D eigenvalue weighted by Gasteiger charge is 2.22. The van der Waals surface area contributed by atoms with Crippen molar-refractivity contribution in [3.8, 4) is 0 Å². The maximum Gasteiger partial charge on any atom is 0.254 e. The molecule has 1 unspecified atom stereocenters. The van der Waals surface area contributed by atoms with Crippen molar-refractivity contribution < 1.29 is 14.0 Å². The third-order valence-corrected chi connectivity index (χ3v) is 5.26. The second kappa shape index (κ2) is 11.8. The zero-order valence-corrected chi connectivity index (χ0v) is 20.8. The summed E-state index contributed by atoms with van der Waals surface area (Å²) in [6.45, 7) is 5.27. The first kappa shape index (κ1) is 25.6. The highest BCUT2D eigenvalue weighted by molar-refractivity contribution is 14.0. The Balaban J connectivity index is 0.00000363. The van der Waals surface area contributed by atoms with Gasteiger partial charge in [-0.15, -0.1) is 24.0 Å². The van der Waals surface area contributed by atoms with Gasteiger partial charge >= 0.3 is 0 Å². The Morgan fingerprint density at radius 3 is 2.59 bits per heavy atom. The summed E-state index contributed by atoms with van der Waals surface area (Å²) in [7, 11) is 1.67. The van der Waals surface area contributed by atoms with Crippen LogP contribution in [0.1, 0.15) is 40.0 Å². The van der Waals surface area contributed by atoms with E-state index in [0.717, 1.165) is 11.1 Å². The molecule has 1 fully saturated rings. The smallest absolute Gasteiger partial charge is 0.254 e. The fourth-order valence-corrected chi connectivity index (χ4v) is 3.31. The molecule has 9 heteroatoms. The molecule has 2 aromatic rings. The number of amides is 2. The molecule has 1 atom stereocenters. The molecular formula is C23H29FIN5O2. The van der Waals surface area contributed by atoms with Gasteiger partial charge in [-0.2, -0.15) is 0 Å². The number of nitrogens with one attached hydrogen (secondary N) is 3. The predicted octanol–water partition coefficient (Wildman–Crippen LogP) is 2.75. The van der Waals surface area contributed by atoms with Gasteiger partial charge in [0, 0.05) is 32.2 Å². The molecule has 1 saturated heterocycles. The number of hydrogen-bond acceptors (Lipinski definition) is 3. The molecule has 0 saturated carbocycles. The van der Waals surface area contributed by atoms with Crippen LogP contribution in [0.25, 0.3) is 0 Å². The maximum absolute atomic E-state index is 13.8. The summed E-state index contributed by atoms with van der Waals surface area (Å²) in [6.07, 6.45) is 0. The van der Waals surface area contributed by atoms with Crippen LogP contribution in [0, 0.1) is 12.7 Å². The zero-order valence-electron chi connectivity index (χ0n) is 18.4. The van der Waals surface area contributed by atoms with Crippen molar-refractivity contribution in [3.05, 3.63) is 70.5 Å². The topological polar surface area (TPSA) is 85.8 Å². The molecule has 0 aromatic heterocycles. The standard InChI is InChI=1S/C23H28FN5O2.HI/c1-15-4-7-19(12-20(15)24)16(2)28-23(25-3)27-13-17-5-8-18(9-6-17)22(31)29-11-10-26-21(30)14-29;/h4-9,12,16H,10-11,13-14H2,1-3H3,(H,26,30)(H2,25,27,28);1H. The zero-order chi connectivity index (χ0) is 22.4. The fraction of sp³-hybridized carbons (Fsp3) is 0.348. The number of halogens is 2. The molecule has 2 amide bonds. The Kier molecular flexibility index (Phi) is 9.42. The highest BCUT2D eigenvalue weighted by atomic mass is 127. The molecule has 7 nitrogen and oxygen atoms in total. The van der Waals surface area contributed by atoms with Crippen LogP contribution in [0.3, 0.4) is 0 Å². The number of nitrogens with zero attached hydrogens (tertiary/aromatic N) is 2. The molecule has 0 aliphatic carbocycles. The number of aryl methyl sites for hydroxylation is 1. The van der Waals surface area contributed by atoms with E-state index in [0.29, 0.717) is 36.7 Å². The number of piperazine rings is 1. The lowest BCUT2D eigenvalue weighted by Crippen LogP contribution is -2.49. The van der Waals surface area contributed by atoms with Crippen LogP contribution in [-0.2, 0) is 11.3 Å². The van der Waals surface area contributed by atoms with Gasteiger partial charge in [-0.3, -0.25) is 14.6 Å². The Hall–Kier alpha value is -2.69. The van der Waals surface area contributed by atoms with Gasteiger partial charge in [0.2, 0.25) is 5.91 Å². The summed E-state index contributed by atoms with van der Waals surface area (Å²) in [6, 6.07) is 12.3. The first-order valence-electron chi connectivity index (χ1n) is 10.3. The van der Waals surface area contributed by atoms with Gasteiger partial charge in [0.25, 0.3) is 5.91 Å². The predicted molar refractivity (Wildman–Crippen MR) is 134 cm³/mol. The van der Waals surface area contributed by atoms with Crippen molar-refractivity contribution >= 4 is 41.8 Å². The van der Waals surface area contributed by atoms with Crippen LogP contribution in [0.4, 0.5) is 4.39 Å². The SMILES string of the molecule is CN=C(NCc1ccc(C(=O)N2CCNC(=O)C2)cc1)NC(C)c1ccc(C)c(F)c1.I. The average molecular weight is 553 g/mol. The average Bonchev–Trinajstić information content (AvgIpc) is 2.78. The largest absolute Gasteiger partial charge is 0.353 e. The van der Waals surface area contributed by atoms with Crippen molar-refractivity contribution in [2.45, 2.75) is 26.4 Å². The van der Waals surface area contributed by atoms with Crippen LogP contribution in [0.15, 0.2) is 47.5 Å². The third-order valence-electron chi connectivity index (χ3n) is 5.26. The van der Waals surface area contributed by atoms with Crippen LogP contribution < -0.4 is 16.0 Å². The quantitative estimate of drug-likeness (QED) is 0.302. The lowest BCUT2D eigenvalue weighted by Gasteiger charge is -2.26. The lowest BCUT2D eigenvalue weighted by atomic mass is 10.1. The number of carbonyl (C=O) groups is 2. The minimum atomic E-state index is -0.228. The maximum atomic E-state index is 13.8. The summed E-state index contributed by atoms with van der Waals surface area (Å²) in [4.78, 5) is 29.8. The van der Waals surface area contributed by atoms with Gasteiger partial charge in [0.15, 0.2) is 5.96 Å². The monoisotopic (exact) mass is 553 g/mol. The summed E-state index contributed by atoms with van der Waals surface area (Å²) >= 11 is 0. The highest BCUT2D eigenvalue weighted by Crippen LogP contribution is 2.16. The van der Waals surface area contributed by atoms with Crippen molar-refractivity contribution in [3.63, 3.8) is 0 Å². The summed E-state index contributed by atoms with van der Waals surface area (Å²) in [5, 5.41) is 9.19. The molecule has 1 heterocycles. The number of carbonyl (C=O) groups excluding carboxylic acids is 2. The van der Waals surface area contributed by atoms with Crippen LogP contribution in [0.2, 0.25) is 0 Å². The molecule has 0 spiro atoms. The van der Waals surface area contributed by atoms with Gasteiger partial charge in [0.05, 0.1) is 12.6 Å². The summed E-state index contributed by atoms with van der Waals surface area (Å²) in [5.74, 6) is 0.0785. The van der Waals surface area contributed by atoms with E-state index < -0.39 is 0 Å². The fourth-order valence-electron chi connectivity index (χ4n) is 3.31. The molecule has 2 aromatic carbocycles. The second-order valence-electron chi connectivity index (χ2n) is 7.57. The van der Waals surface area contributed by atoms with E-state index in [1.807, 2.05) is 25.1 Å². The Labute approximate surface area is 204 Å². The normalized spacial score (nSPS) is 14.8. The van der Waals surface area contributed by atoms with Crippen molar-refractivity contribution in [1.82, 2.24) is 20.9 Å². The van der Waals surface area contributed by atoms with Crippen molar-refractivity contribution in [2.24, 2.45) is 4.99 Å². The Morgan fingerprint density at radius 2 is 1.97 bits per heavy atom. The molecule has 32 heavy (non-hydrogen) atoms. The number of rotatable bonds is 5. The van der Waals surface area contributed by atoms with Gasteiger partial charge in [0.1, 0.15) is 5.82 Å². The van der Waals surface area contributed by atoms with Crippen molar-refractivity contribution in [2.75, 3.05) is 26.7 Å². The lowest BCUT2D eigenvalue weighted by molar-refractivity contribution is -0.123. The summed E-state index contributed by atoms with van der Waals surface area (Å²) in [5.41, 5.74) is 2.98. The van der Waals surface area contributed by atoms with Gasteiger partial charge in [-0.05, 0) is 48.7 Å². The minimum Gasteiger partial charge on any atom is -0.353 e. The van der Waals surface area contributed by atoms with E-state index in [9.17, 15) is 14.0 Å². The first-order valence-corrected chi connectivity index (χ1v) is 10.3. The number of benzene rings is 2. The van der Waals surface area contributed by atoms with Crippen LogP contribution in [-0.4, -0.2) is 49.4 Å². The number of guanidine groups is 1. The summed E-state index contributed by atoms with van der Waals surface area (Å²) < 4.78 is 13.8. The number of hydrogen-bond donors (Lipinski definition) is 3. The molecule has 0 bridgehead atoms. The molecule has 3 N–H and O–H groups in total. The first-order chi connectivity index (χ1) is 14.9. The van der Waals surface area contributed by atoms with Gasteiger partial charge in [-0.1, -0.05) is 24.3 Å². The second-order valence-corrected chi connectivity index (χ2v) is 7.57. The van der Waals surface area contributed by atoms with Gasteiger partial charge < -0.3 is 20.9 Å². The number of aliphatic imine (C=N–C) groups is 1. The van der Waals surface area contributed by atoms with Gasteiger partial charge in [-0.25, -0.2) is 4.39 Å². The van der Waals surface area contributed by atoms with E-state index in [1.54, 1.807) is 37.1 Å². The Morgan fingerprint density at radius 1 is 1.25 bits per heavy atom. The molecular weight excluding hydrogens is 524 g/mol. The molecule has 0 radical (unpaired) electrons. The van der Waals surface area contributed by atoms with Crippen LogP contribution in [0.5, 0.6) is 0 Å². The van der Waals surface area contributed by atoms with E-state index in [1.165, 1.54) is 6.07 Å². The van der Waals surface area contributed by atoms with E-state index in [2.05, 4.69) is 20.9 Å². The van der Waals surface area contributed by atoms with E-state index in [4.69, 9.17) is 0 Å². The molecule has 1 aliphatic rings. The van der Waals surface area contributed by atoms with E-state index in [-0.39, 0.29) is 54.2 Å². The van der Waals surface area contributed by atoms with Crippen LogP contribution >= 0.6 is 24.0 Å².